The fourth-order valence-electron chi connectivity index (χ4n) is 2.62. The minimum atomic E-state index is -2.85. The van der Waals surface area contributed by atoms with E-state index in [2.05, 4.69) is 10.1 Å². The number of ether oxygens (including phenoxy) is 1. The van der Waals surface area contributed by atoms with E-state index < -0.39 is 6.61 Å². The highest BCUT2D eigenvalue weighted by molar-refractivity contribution is 5.93. The number of anilines is 1. The van der Waals surface area contributed by atoms with Crippen LogP contribution in [0.3, 0.4) is 0 Å². The zero-order valence-corrected chi connectivity index (χ0v) is 12.2. The molecule has 1 aromatic carbocycles. The summed E-state index contributed by atoms with van der Waals surface area (Å²) < 4.78 is 28.3. The molecule has 1 aliphatic rings. The van der Waals surface area contributed by atoms with Gasteiger partial charge in [-0.3, -0.25) is 4.79 Å². The van der Waals surface area contributed by atoms with Gasteiger partial charge in [0.15, 0.2) is 0 Å². The van der Waals surface area contributed by atoms with Crippen molar-refractivity contribution in [3.05, 3.63) is 24.3 Å². The second-order valence-electron chi connectivity index (χ2n) is 4.93. The lowest BCUT2D eigenvalue weighted by atomic mass is 9.95. The molecule has 1 amide bonds. The van der Waals surface area contributed by atoms with Gasteiger partial charge in [-0.1, -0.05) is 6.42 Å². The molecule has 7 heteroatoms. The average Bonchev–Trinajstić information content (AvgIpc) is 2.89. The zero-order chi connectivity index (χ0) is 14.5. The number of carbonyl (C=O) groups excluding carboxylic acids is 1. The van der Waals surface area contributed by atoms with Crippen molar-refractivity contribution in [2.45, 2.75) is 25.9 Å². The Labute approximate surface area is 128 Å². The zero-order valence-electron chi connectivity index (χ0n) is 11.4. The molecule has 1 aromatic rings. The molecular formula is C14H19ClF2N2O2. The summed E-state index contributed by atoms with van der Waals surface area (Å²) in [5.41, 5.74) is 6.22. The fraction of sp³-hybridized carbons (Fsp3) is 0.500. The molecule has 1 saturated carbocycles. The second kappa shape index (κ2) is 8.14. The standard InChI is InChI=1S/C14H18F2N2O2.ClH/c15-14(16)20-11-6-4-10(5-7-11)18-13(19)12-3-1-2-9(12)8-17;/h4-7,9,12,14H,1-3,8,17H2,(H,18,19);1H/t9-,12-;/m1./s1. The van der Waals surface area contributed by atoms with Crippen molar-refractivity contribution in [1.82, 2.24) is 0 Å². The molecule has 0 radical (unpaired) electrons. The summed E-state index contributed by atoms with van der Waals surface area (Å²) >= 11 is 0. The lowest BCUT2D eigenvalue weighted by molar-refractivity contribution is -0.120. The van der Waals surface area contributed by atoms with Crippen LogP contribution in [-0.2, 0) is 4.79 Å². The topological polar surface area (TPSA) is 64.4 Å². The van der Waals surface area contributed by atoms with Gasteiger partial charge in [0.2, 0.25) is 5.91 Å². The van der Waals surface area contributed by atoms with Crippen LogP contribution in [0.5, 0.6) is 5.75 Å². The largest absolute Gasteiger partial charge is 0.435 e. The Morgan fingerprint density at radius 1 is 1.33 bits per heavy atom. The van der Waals surface area contributed by atoms with Crippen molar-refractivity contribution in [3.63, 3.8) is 0 Å². The Hall–Kier alpha value is -1.40. The predicted octanol–water partition coefficient (Wildman–Crippen LogP) is 3.02. The molecule has 3 N–H and O–H groups in total. The van der Waals surface area contributed by atoms with Gasteiger partial charge in [0.25, 0.3) is 0 Å². The number of benzene rings is 1. The first-order valence-electron chi connectivity index (χ1n) is 6.66. The first kappa shape index (κ1) is 17.7. The summed E-state index contributed by atoms with van der Waals surface area (Å²) in [6, 6.07) is 5.89. The number of hydrogen-bond acceptors (Lipinski definition) is 3. The Kier molecular flexibility index (Phi) is 6.84. The molecular weight excluding hydrogens is 302 g/mol. The van der Waals surface area contributed by atoms with Crippen LogP contribution in [0, 0.1) is 11.8 Å². The molecule has 0 heterocycles. The van der Waals surface area contributed by atoms with Crippen LogP contribution in [0.4, 0.5) is 14.5 Å². The fourth-order valence-corrected chi connectivity index (χ4v) is 2.62. The van der Waals surface area contributed by atoms with Crippen molar-refractivity contribution in [2.24, 2.45) is 17.6 Å². The monoisotopic (exact) mass is 320 g/mol. The Balaban J connectivity index is 0.00000220. The minimum Gasteiger partial charge on any atom is -0.435 e. The van der Waals surface area contributed by atoms with Crippen molar-refractivity contribution < 1.29 is 18.3 Å². The number of rotatable bonds is 5. The van der Waals surface area contributed by atoms with Crippen molar-refractivity contribution in [2.75, 3.05) is 11.9 Å². The van der Waals surface area contributed by atoms with Gasteiger partial charge in [-0.2, -0.15) is 8.78 Å². The van der Waals surface area contributed by atoms with Gasteiger partial charge < -0.3 is 15.8 Å². The Morgan fingerprint density at radius 3 is 2.57 bits per heavy atom. The van der Waals surface area contributed by atoms with Gasteiger partial charge in [-0.05, 0) is 49.6 Å². The van der Waals surface area contributed by atoms with Gasteiger partial charge >= 0.3 is 6.61 Å². The molecule has 2 atom stereocenters. The van der Waals surface area contributed by atoms with Crippen LogP contribution < -0.4 is 15.8 Å². The molecule has 4 nitrogen and oxygen atoms in total. The van der Waals surface area contributed by atoms with Crippen LogP contribution >= 0.6 is 12.4 Å². The third-order valence-corrected chi connectivity index (χ3v) is 3.65. The maximum absolute atomic E-state index is 12.1. The number of alkyl halides is 2. The minimum absolute atomic E-state index is 0. The van der Waals surface area contributed by atoms with E-state index in [1.165, 1.54) is 12.1 Å². The number of carbonyl (C=O) groups is 1. The highest BCUT2D eigenvalue weighted by Gasteiger charge is 2.31. The predicted molar refractivity (Wildman–Crippen MR) is 78.8 cm³/mol. The second-order valence-corrected chi connectivity index (χ2v) is 4.93. The Morgan fingerprint density at radius 2 is 2.00 bits per heavy atom. The molecule has 0 unspecified atom stereocenters. The summed E-state index contributed by atoms with van der Waals surface area (Å²) in [7, 11) is 0. The molecule has 0 saturated heterocycles. The highest BCUT2D eigenvalue weighted by Crippen LogP contribution is 2.32. The number of hydrogen-bond donors (Lipinski definition) is 2. The van der Waals surface area contributed by atoms with Gasteiger partial charge in [0, 0.05) is 11.6 Å². The van der Waals surface area contributed by atoms with Crippen LogP contribution in [-0.4, -0.2) is 19.1 Å². The molecule has 1 fully saturated rings. The quantitative estimate of drug-likeness (QED) is 0.876. The average molecular weight is 321 g/mol. The molecule has 0 spiro atoms. The normalized spacial score (nSPS) is 21.0. The van der Waals surface area contributed by atoms with Crippen molar-refractivity contribution in [3.8, 4) is 5.75 Å². The molecule has 118 valence electrons. The molecule has 0 aliphatic heterocycles. The number of amides is 1. The lowest BCUT2D eigenvalue weighted by Gasteiger charge is -2.17. The van der Waals surface area contributed by atoms with Crippen LogP contribution in [0.25, 0.3) is 0 Å². The molecule has 21 heavy (non-hydrogen) atoms. The SMILES string of the molecule is Cl.NC[C@H]1CCC[C@H]1C(=O)Nc1ccc(OC(F)F)cc1. The van der Waals surface area contributed by atoms with Gasteiger partial charge in [0.05, 0.1) is 0 Å². The third kappa shape index (κ3) is 4.82. The van der Waals surface area contributed by atoms with E-state index >= 15 is 0 Å². The van der Waals surface area contributed by atoms with E-state index in [-0.39, 0.29) is 35.9 Å². The third-order valence-electron chi connectivity index (χ3n) is 3.65. The summed E-state index contributed by atoms with van der Waals surface area (Å²) in [6.45, 7) is -2.33. The van der Waals surface area contributed by atoms with E-state index in [4.69, 9.17) is 5.73 Å². The Bertz CT molecular complexity index is 457. The smallest absolute Gasteiger partial charge is 0.387 e. The summed E-state index contributed by atoms with van der Waals surface area (Å²) in [4.78, 5) is 12.1. The van der Waals surface area contributed by atoms with E-state index in [1.54, 1.807) is 12.1 Å². The summed E-state index contributed by atoms with van der Waals surface area (Å²) in [6.07, 6.45) is 2.84. The van der Waals surface area contributed by atoms with Crippen LogP contribution in [0.2, 0.25) is 0 Å². The molecule has 0 bridgehead atoms. The number of halogens is 3. The molecule has 1 aliphatic carbocycles. The number of nitrogens with one attached hydrogen (secondary N) is 1. The van der Waals surface area contributed by atoms with E-state index in [9.17, 15) is 13.6 Å². The highest BCUT2D eigenvalue weighted by atomic mass is 35.5. The van der Waals surface area contributed by atoms with Crippen LogP contribution in [0.1, 0.15) is 19.3 Å². The van der Waals surface area contributed by atoms with Crippen molar-refractivity contribution >= 4 is 24.0 Å². The van der Waals surface area contributed by atoms with Gasteiger partial charge in [-0.15, -0.1) is 12.4 Å². The number of nitrogens with two attached hydrogens (primary N) is 1. The molecule has 0 aromatic heterocycles. The van der Waals surface area contributed by atoms with Gasteiger partial charge in [0.1, 0.15) is 5.75 Å². The lowest BCUT2D eigenvalue weighted by Crippen LogP contribution is -2.29. The van der Waals surface area contributed by atoms with Gasteiger partial charge in [-0.25, -0.2) is 0 Å². The first-order valence-corrected chi connectivity index (χ1v) is 6.66. The van der Waals surface area contributed by atoms with Crippen molar-refractivity contribution in [1.29, 1.82) is 0 Å². The summed E-state index contributed by atoms with van der Waals surface area (Å²) in [5.74, 6) is 0.188. The van der Waals surface area contributed by atoms with E-state index in [1.807, 2.05) is 0 Å². The maximum atomic E-state index is 12.1. The van der Waals surface area contributed by atoms with Crippen LogP contribution in [0.15, 0.2) is 24.3 Å². The van der Waals surface area contributed by atoms with E-state index in [0.29, 0.717) is 12.2 Å². The van der Waals surface area contributed by atoms with E-state index in [0.717, 1.165) is 19.3 Å². The summed E-state index contributed by atoms with van der Waals surface area (Å²) in [5, 5.41) is 2.79. The first-order chi connectivity index (χ1) is 9.60. The molecule has 2 rings (SSSR count). The maximum Gasteiger partial charge on any atom is 0.387 e.